The fraction of sp³-hybridized carbons (Fsp3) is 0.500. The summed E-state index contributed by atoms with van der Waals surface area (Å²) >= 11 is 0. The van der Waals surface area contributed by atoms with E-state index in [4.69, 9.17) is 0 Å². The molecule has 1 saturated heterocycles. The fourth-order valence-electron chi connectivity index (χ4n) is 2.01. The van der Waals surface area contributed by atoms with E-state index < -0.39 is 10.0 Å². The molecular weight excluding hydrogens is 236 g/mol. The summed E-state index contributed by atoms with van der Waals surface area (Å²) in [5.74, 6) is 0.216. The Morgan fingerprint density at radius 3 is 2.88 bits per heavy atom. The van der Waals surface area contributed by atoms with E-state index in [9.17, 15) is 8.42 Å². The van der Waals surface area contributed by atoms with Crippen LogP contribution in [0.1, 0.15) is 12.0 Å². The van der Waals surface area contributed by atoms with Crippen LogP contribution in [0.15, 0.2) is 24.3 Å². The number of hydrogen-bond acceptors (Lipinski definition) is 3. The Kier molecular flexibility index (Phi) is 3.69. The summed E-state index contributed by atoms with van der Waals surface area (Å²) in [5, 5.41) is 3.23. The van der Waals surface area contributed by atoms with Gasteiger partial charge in [0, 0.05) is 13.1 Å². The second kappa shape index (κ2) is 5.06. The fourth-order valence-corrected chi connectivity index (χ4v) is 3.54. The highest BCUT2D eigenvalue weighted by atomic mass is 32.2. The monoisotopic (exact) mass is 254 g/mol. The smallest absolute Gasteiger partial charge is 0.235 e. The van der Waals surface area contributed by atoms with Crippen molar-refractivity contribution in [3.63, 3.8) is 0 Å². The van der Waals surface area contributed by atoms with Crippen molar-refractivity contribution in [2.45, 2.75) is 13.3 Å². The number of hydrogen-bond donors (Lipinski definition) is 1. The Bertz CT molecular complexity index is 485. The molecule has 0 atom stereocenters. The zero-order valence-electron chi connectivity index (χ0n) is 10.0. The predicted octanol–water partition coefficient (Wildman–Crippen LogP) is 1.12. The molecule has 1 aliphatic heterocycles. The van der Waals surface area contributed by atoms with Gasteiger partial charge in [-0.05, 0) is 37.6 Å². The number of sulfonamides is 1. The first-order valence-corrected chi connectivity index (χ1v) is 7.48. The second-order valence-electron chi connectivity index (χ2n) is 4.33. The van der Waals surface area contributed by atoms with Gasteiger partial charge in [-0.1, -0.05) is 12.1 Å². The average molecular weight is 254 g/mol. The van der Waals surface area contributed by atoms with Crippen LogP contribution in [0, 0.1) is 6.92 Å². The van der Waals surface area contributed by atoms with Crippen LogP contribution in [-0.2, 0) is 10.0 Å². The van der Waals surface area contributed by atoms with E-state index in [-0.39, 0.29) is 5.75 Å². The van der Waals surface area contributed by atoms with Gasteiger partial charge in [-0.3, -0.25) is 4.31 Å². The minimum atomic E-state index is -3.16. The van der Waals surface area contributed by atoms with Crippen LogP contribution >= 0.6 is 0 Å². The molecule has 0 bridgehead atoms. The van der Waals surface area contributed by atoms with E-state index in [1.807, 2.05) is 31.2 Å². The molecule has 0 amide bonds. The van der Waals surface area contributed by atoms with Crippen molar-refractivity contribution < 1.29 is 8.42 Å². The van der Waals surface area contributed by atoms with Crippen LogP contribution in [0.5, 0.6) is 0 Å². The van der Waals surface area contributed by atoms with Crippen LogP contribution in [0.4, 0.5) is 5.69 Å². The molecule has 17 heavy (non-hydrogen) atoms. The number of benzene rings is 1. The molecule has 2 rings (SSSR count). The van der Waals surface area contributed by atoms with Gasteiger partial charge < -0.3 is 5.32 Å². The topological polar surface area (TPSA) is 49.4 Å². The third-order valence-corrected chi connectivity index (χ3v) is 4.74. The van der Waals surface area contributed by atoms with Crippen molar-refractivity contribution in [2.24, 2.45) is 0 Å². The van der Waals surface area contributed by atoms with E-state index in [1.54, 1.807) is 0 Å². The molecule has 4 nitrogen and oxygen atoms in total. The molecule has 0 aromatic heterocycles. The molecule has 0 radical (unpaired) electrons. The third kappa shape index (κ3) is 2.98. The highest BCUT2D eigenvalue weighted by molar-refractivity contribution is 7.92. The van der Waals surface area contributed by atoms with Crippen molar-refractivity contribution in [1.29, 1.82) is 0 Å². The second-order valence-corrected chi connectivity index (χ2v) is 6.34. The van der Waals surface area contributed by atoms with Crippen molar-refractivity contribution in [3.8, 4) is 0 Å². The van der Waals surface area contributed by atoms with Crippen LogP contribution < -0.4 is 9.62 Å². The summed E-state index contributed by atoms with van der Waals surface area (Å²) in [6, 6.07) is 7.64. The summed E-state index contributed by atoms with van der Waals surface area (Å²) in [6.45, 7) is 3.96. The average Bonchev–Trinajstić information content (AvgIpc) is 2.25. The third-order valence-electron chi connectivity index (χ3n) is 2.87. The highest BCUT2D eigenvalue weighted by Crippen LogP contribution is 2.20. The normalized spacial score (nSPS) is 20.6. The Hall–Kier alpha value is -1.07. The van der Waals surface area contributed by atoms with Gasteiger partial charge in [0.25, 0.3) is 0 Å². The number of aryl methyl sites for hydroxylation is 1. The maximum Gasteiger partial charge on any atom is 0.235 e. The first kappa shape index (κ1) is 12.4. The maximum atomic E-state index is 12.2. The summed E-state index contributed by atoms with van der Waals surface area (Å²) in [7, 11) is -3.16. The van der Waals surface area contributed by atoms with Crippen molar-refractivity contribution >= 4 is 15.7 Å². The van der Waals surface area contributed by atoms with Crippen LogP contribution in [0.2, 0.25) is 0 Å². The van der Waals surface area contributed by atoms with Gasteiger partial charge >= 0.3 is 0 Å². The van der Waals surface area contributed by atoms with Crippen molar-refractivity contribution in [3.05, 3.63) is 29.8 Å². The van der Waals surface area contributed by atoms with E-state index in [1.165, 1.54) is 4.31 Å². The van der Waals surface area contributed by atoms with Gasteiger partial charge in [-0.25, -0.2) is 8.42 Å². The van der Waals surface area contributed by atoms with E-state index >= 15 is 0 Å². The first-order valence-electron chi connectivity index (χ1n) is 5.87. The van der Waals surface area contributed by atoms with Gasteiger partial charge in [0.15, 0.2) is 0 Å². The van der Waals surface area contributed by atoms with E-state index in [0.29, 0.717) is 19.5 Å². The molecule has 1 fully saturated rings. The Morgan fingerprint density at radius 2 is 2.12 bits per heavy atom. The lowest BCUT2D eigenvalue weighted by atomic mass is 10.2. The molecule has 0 unspecified atom stereocenters. The van der Waals surface area contributed by atoms with Gasteiger partial charge in [0.2, 0.25) is 10.0 Å². The molecule has 1 aliphatic rings. The number of nitrogens with one attached hydrogen (secondary N) is 1. The molecule has 1 N–H and O–H groups in total. The van der Waals surface area contributed by atoms with Gasteiger partial charge in [0.1, 0.15) is 0 Å². The Balaban J connectivity index is 2.32. The van der Waals surface area contributed by atoms with Gasteiger partial charge in [-0.15, -0.1) is 0 Å². The van der Waals surface area contributed by atoms with Crippen LogP contribution in [-0.4, -0.2) is 33.8 Å². The lowest BCUT2D eigenvalue weighted by Gasteiger charge is -2.27. The lowest BCUT2D eigenvalue weighted by molar-refractivity contribution is 0.572. The zero-order valence-corrected chi connectivity index (χ0v) is 10.8. The number of nitrogens with zero attached hydrogens (tertiary/aromatic N) is 1. The molecule has 5 heteroatoms. The molecule has 0 spiro atoms. The minimum absolute atomic E-state index is 0.216. The first-order chi connectivity index (χ1) is 8.09. The summed E-state index contributed by atoms with van der Waals surface area (Å²) in [6.07, 6.45) is 0.671. The SMILES string of the molecule is Cc1cccc(N2CCNCCCS2(=O)=O)c1. The standard InChI is InChI=1S/C12H18N2O2S/c1-11-4-2-5-12(10-11)14-8-7-13-6-3-9-17(14,15)16/h2,4-5,10,13H,3,6-9H2,1H3. The summed E-state index contributed by atoms with van der Waals surface area (Å²) in [5.41, 5.74) is 1.85. The van der Waals surface area contributed by atoms with Crippen molar-refractivity contribution in [2.75, 3.05) is 29.7 Å². The minimum Gasteiger partial charge on any atom is -0.315 e. The molecule has 1 heterocycles. The van der Waals surface area contributed by atoms with Crippen LogP contribution in [0.3, 0.4) is 0 Å². The number of anilines is 1. The molecule has 94 valence electrons. The van der Waals surface area contributed by atoms with E-state index in [0.717, 1.165) is 17.8 Å². The van der Waals surface area contributed by atoms with Gasteiger partial charge in [-0.2, -0.15) is 0 Å². The predicted molar refractivity (Wildman–Crippen MR) is 69.8 cm³/mol. The van der Waals surface area contributed by atoms with Crippen LogP contribution in [0.25, 0.3) is 0 Å². The Morgan fingerprint density at radius 1 is 1.29 bits per heavy atom. The number of rotatable bonds is 1. The van der Waals surface area contributed by atoms with Crippen molar-refractivity contribution in [1.82, 2.24) is 5.32 Å². The summed E-state index contributed by atoms with van der Waals surface area (Å²) < 4.78 is 25.8. The summed E-state index contributed by atoms with van der Waals surface area (Å²) in [4.78, 5) is 0. The maximum absolute atomic E-state index is 12.2. The molecule has 0 saturated carbocycles. The lowest BCUT2D eigenvalue weighted by Crippen LogP contribution is -2.41. The molecular formula is C12H18N2O2S. The Labute approximate surface area is 103 Å². The largest absolute Gasteiger partial charge is 0.315 e. The zero-order chi connectivity index (χ0) is 12.3. The molecule has 1 aromatic carbocycles. The quantitative estimate of drug-likeness (QED) is 0.817. The van der Waals surface area contributed by atoms with E-state index in [2.05, 4.69) is 5.32 Å². The molecule has 0 aliphatic carbocycles. The van der Waals surface area contributed by atoms with Gasteiger partial charge in [0.05, 0.1) is 11.4 Å². The molecule has 1 aromatic rings. The highest BCUT2D eigenvalue weighted by Gasteiger charge is 2.23.